The molecular weight excluding hydrogens is 272 g/mol. The fraction of sp³-hybridized carbons (Fsp3) is 0.737. The van der Waals surface area contributed by atoms with Crippen LogP contribution in [-0.4, -0.2) is 34.9 Å². The Bertz CT molecular complexity index is 520. The average molecular weight is 302 g/mol. The number of carbonyl (C=O) groups excluding carboxylic acids is 1. The van der Waals surface area contributed by atoms with Crippen LogP contribution in [-0.2, 0) is 0 Å². The largest absolute Gasteiger partial charge is 0.345 e. The first-order valence-corrected chi connectivity index (χ1v) is 9.11. The lowest BCUT2D eigenvalue weighted by Gasteiger charge is -2.27. The van der Waals surface area contributed by atoms with E-state index >= 15 is 0 Å². The smallest absolute Gasteiger partial charge is 0.178 e. The van der Waals surface area contributed by atoms with E-state index < -0.39 is 0 Å². The quantitative estimate of drug-likeness (QED) is 0.776. The van der Waals surface area contributed by atoms with Gasteiger partial charge in [-0.15, -0.1) is 0 Å². The van der Waals surface area contributed by atoms with E-state index in [1.807, 2.05) is 0 Å². The van der Waals surface area contributed by atoms with Gasteiger partial charge in [-0.2, -0.15) is 0 Å². The van der Waals surface area contributed by atoms with Gasteiger partial charge in [-0.3, -0.25) is 9.69 Å². The number of nitrogens with zero attached hydrogens (tertiary/aromatic N) is 2. The van der Waals surface area contributed by atoms with Crippen molar-refractivity contribution in [1.82, 2.24) is 9.47 Å². The molecule has 1 saturated carbocycles. The van der Waals surface area contributed by atoms with E-state index in [9.17, 15) is 4.79 Å². The molecule has 3 heteroatoms. The molecule has 1 aliphatic carbocycles. The number of hydrogen-bond donors (Lipinski definition) is 0. The first-order chi connectivity index (χ1) is 10.7. The molecule has 1 aliphatic heterocycles. The van der Waals surface area contributed by atoms with Gasteiger partial charge < -0.3 is 4.57 Å². The number of rotatable bonds is 4. The molecule has 0 spiro atoms. The highest BCUT2D eigenvalue weighted by Crippen LogP contribution is 2.32. The van der Waals surface area contributed by atoms with Gasteiger partial charge in [0.2, 0.25) is 0 Å². The zero-order chi connectivity index (χ0) is 15.5. The van der Waals surface area contributed by atoms with Crippen LogP contribution >= 0.6 is 0 Å². The molecule has 0 bridgehead atoms. The molecular formula is C19H30N2O. The third-order valence-corrected chi connectivity index (χ3v) is 5.54. The van der Waals surface area contributed by atoms with Crippen molar-refractivity contribution in [3.63, 3.8) is 0 Å². The van der Waals surface area contributed by atoms with Gasteiger partial charge in [-0.1, -0.05) is 25.7 Å². The second-order valence-corrected chi connectivity index (χ2v) is 7.21. The van der Waals surface area contributed by atoms with Crippen LogP contribution in [0.5, 0.6) is 0 Å². The van der Waals surface area contributed by atoms with Crippen molar-refractivity contribution in [2.75, 3.05) is 19.6 Å². The number of Topliss-reactive ketones (excluding diaryl/α,β-unsaturated/α-hetero) is 1. The number of carbonyl (C=O) groups is 1. The first kappa shape index (κ1) is 15.8. The van der Waals surface area contributed by atoms with E-state index in [0.29, 0.717) is 18.4 Å². The zero-order valence-corrected chi connectivity index (χ0v) is 14.2. The van der Waals surface area contributed by atoms with Crippen LogP contribution in [0.4, 0.5) is 0 Å². The Morgan fingerprint density at radius 1 is 1.05 bits per heavy atom. The predicted octanol–water partition coefficient (Wildman–Crippen LogP) is 4.28. The summed E-state index contributed by atoms with van der Waals surface area (Å²) in [4.78, 5) is 15.1. The molecule has 1 aromatic rings. The van der Waals surface area contributed by atoms with Crippen LogP contribution in [0.15, 0.2) is 6.07 Å². The number of piperidine rings is 1. The molecule has 0 radical (unpaired) electrons. The van der Waals surface area contributed by atoms with E-state index in [2.05, 4.69) is 29.4 Å². The molecule has 22 heavy (non-hydrogen) atoms. The number of aryl methyl sites for hydroxylation is 1. The Morgan fingerprint density at radius 2 is 1.68 bits per heavy atom. The molecule has 2 aliphatic rings. The van der Waals surface area contributed by atoms with Gasteiger partial charge in [0.25, 0.3) is 0 Å². The third-order valence-electron chi connectivity index (χ3n) is 5.54. The lowest BCUT2D eigenvalue weighted by molar-refractivity contribution is 0.0915. The minimum absolute atomic E-state index is 0.317. The summed E-state index contributed by atoms with van der Waals surface area (Å²) in [6.07, 6.45) is 10.4. The van der Waals surface area contributed by atoms with E-state index in [0.717, 1.165) is 18.7 Å². The molecule has 0 atom stereocenters. The molecule has 1 aromatic heterocycles. The van der Waals surface area contributed by atoms with Crippen molar-refractivity contribution in [3.8, 4) is 0 Å². The Balaban J connectivity index is 1.74. The fourth-order valence-electron chi connectivity index (χ4n) is 4.37. The maximum atomic E-state index is 12.7. The summed E-state index contributed by atoms with van der Waals surface area (Å²) < 4.78 is 2.45. The van der Waals surface area contributed by atoms with Crippen molar-refractivity contribution < 1.29 is 4.79 Å². The highest BCUT2D eigenvalue weighted by molar-refractivity contribution is 5.99. The monoisotopic (exact) mass is 302 g/mol. The molecule has 122 valence electrons. The summed E-state index contributed by atoms with van der Waals surface area (Å²) in [5, 5.41) is 0. The summed E-state index contributed by atoms with van der Waals surface area (Å²) in [5.41, 5.74) is 3.44. The van der Waals surface area contributed by atoms with Crippen molar-refractivity contribution >= 4 is 5.78 Å². The molecule has 2 heterocycles. The molecule has 3 rings (SSSR count). The topological polar surface area (TPSA) is 25.2 Å². The third kappa shape index (κ3) is 3.29. The highest BCUT2D eigenvalue weighted by Gasteiger charge is 2.23. The molecule has 3 nitrogen and oxygen atoms in total. The van der Waals surface area contributed by atoms with Gasteiger partial charge in [-0.25, -0.2) is 0 Å². The minimum Gasteiger partial charge on any atom is -0.345 e. The Kier molecular flexibility index (Phi) is 5.02. The molecule has 0 amide bonds. The molecule has 0 aromatic carbocycles. The zero-order valence-electron chi connectivity index (χ0n) is 14.2. The summed E-state index contributed by atoms with van der Waals surface area (Å²) in [6.45, 7) is 7.10. The van der Waals surface area contributed by atoms with Crippen LogP contribution in [0.2, 0.25) is 0 Å². The van der Waals surface area contributed by atoms with Gasteiger partial charge in [0.05, 0.1) is 6.54 Å². The molecule has 0 unspecified atom stereocenters. The molecule has 2 fully saturated rings. The van der Waals surface area contributed by atoms with Crippen LogP contribution in [0.1, 0.15) is 79.2 Å². The molecule has 0 N–H and O–H groups in total. The Hall–Kier alpha value is -1.09. The maximum absolute atomic E-state index is 12.7. The van der Waals surface area contributed by atoms with E-state index in [-0.39, 0.29) is 0 Å². The summed E-state index contributed by atoms with van der Waals surface area (Å²) >= 11 is 0. The van der Waals surface area contributed by atoms with Crippen LogP contribution in [0, 0.1) is 13.8 Å². The number of aromatic nitrogens is 1. The van der Waals surface area contributed by atoms with Gasteiger partial charge in [0, 0.05) is 23.0 Å². The van der Waals surface area contributed by atoms with Crippen molar-refractivity contribution in [2.24, 2.45) is 0 Å². The fourth-order valence-corrected chi connectivity index (χ4v) is 4.37. The Morgan fingerprint density at radius 3 is 2.36 bits per heavy atom. The van der Waals surface area contributed by atoms with Crippen LogP contribution in [0.3, 0.4) is 0 Å². The second kappa shape index (κ2) is 6.99. The van der Waals surface area contributed by atoms with Crippen LogP contribution in [0.25, 0.3) is 0 Å². The lowest BCUT2D eigenvalue weighted by atomic mass is 9.95. The summed E-state index contributed by atoms with van der Waals surface area (Å²) in [5.74, 6) is 0.317. The SMILES string of the molecule is Cc1cc(C(=O)CN2CCCCC2)c(C)n1C1CCCCC1. The van der Waals surface area contributed by atoms with Crippen molar-refractivity contribution in [3.05, 3.63) is 23.0 Å². The number of likely N-dealkylation sites (tertiary alicyclic amines) is 1. The van der Waals surface area contributed by atoms with Gasteiger partial charge in [0.1, 0.15) is 0 Å². The van der Waals surface area contributed by atoms with Crippen LogP contribution < -0.4 is 0 Å². The van der Waals surface area contributed by atoms with E-state index in [1.54, 1.807) is 0 Å². The van der Waals surface area contributed by atoms with Crippen molar-refractivity contribution in [1.29, 1.82) is 0 Å². The summed E-state index contributed by atoms with van der Waals surface area (Å²) in [7, 11) is 0. The lowest BCUT2D eigenvalue weighted by Crippen LogP contribution is -2.34. The second-order valence-electron chi connectivity index (χ2n) is 7.21. The number of hydrogen-bond acceptors (Lipinski definition) is 2. The van der Waals surface area contributed by atoms with Gasteiger partial charge >= 0.3 is 0 Å². The first-order valence-electron chi connectivity index (χ1n) is 9.11. The average Bonchev–Trinajstić information content (AvgIpc) is 2.84. The standard InChI is InChI=1S/C19H30N2O/c1-15-13-18(19(22)14-20-11-7-4-8-12-20)16(2)21(15)17-9-5-3-6-10-17/h13,17H,3-12,14H2,1-2H3. The normalized spacial score (nSPS) is 21.2. The molecule has 1 saturated heterocycles. The van der Waals surface area contributed by atoms with Crippen molar-refractivity contribution in [2.45, 2.75) is 71.3 Å². The highest BCUT2D eigenvalue weighted by atomic mass is 16.1. The Labute approximate surface area is 134 Å². The van der Waals surface area contributed by atoms with E-state index in [4.69, 9.17) is 0 Å². The van der Waals surface area contributed by atoms with E-state index in [1.165, 1.54) is 62.8 Å². The number of ketones is 1. The predicted molar refractivity (Wildman–Crippen MR) is 90.6 cm³/mol. The summed E-state index contributed by atoms with van der Waals surface area (Å²) in [6, 6.07) is 2.75. The van der Waals surface area contributed by atoms with Gasteiger partial charge in [-0.05, 0) is 58.7 Å². The van der Waals surface area contributed by atoms with Gasteiger partial charge in [0.15, 0.2) is 5.78 Å². The maximum Gasteiger partial charge on any atom is 0.178 e. The minimum atomic E-state index is 0.317.